The van der Waals surface area contributed by atoms with Crippen molar-refractivity contribution in [1.82, 2.24) is 5.32 Å². The molecule has 1 rings (SSSR count). The van der Waals surface area contributed by atoms with Gasteiger partial charge in [0.2, 0.25) is 0 Å². The Hall–Kier alpha value is 0.210. The normalized spacial score (nSPS) is 36.8. The average Bonchev–Trinajstić information content (AvgIpc) is 1.91. The van der Waals surface area contributed by atoms with Gasteiger partial charge in [0.05, 0.1) is 6.10 Å². The number of aliphatic hydroxyl groups excluding tert-OH is 1. The van der Waals surface area contributed by atoms with Gasteiger partial charge in [-0.05, 0) is 19.9 Å². The summed E-state index contributed by atoms with van der Waals surface area (Å²) in [6.07, 6.45) is 0.821. The molecule has 2 N–H and O–H groups in total. The highest BCUT2D eigenvalue weighted by atomic mass is 35.5. The zero-order chi connectivity index (χ0) is 5.28. The molecule has 2 atom stereocenters. The Morgan fingerprint density at radius 2 is 2.25 bits per heavy atom. The van der Waals surface area contributed by atoms with Crippen LogP contribution in [0.2, 0.25) is 0 Å². The van der Waals surface area contributed by atoms with E-state index in [2.05, 4.69) is 5.32 Å². The molecule has 3 heteroatoms. The summed E-state index contributed by atoms with van der Waals surface area (Å²) in [5.74, 6) is 0. The summed E-state index contributed by atoms with van der Waals surface area (Å²) in [4.78, 5) is 0. The summed E-state index contributed by atoms with van der Waals surface area (Å²) >= 11 is 0. The van der Waals surface area contributed by atoms with Crippen LogP contribution in [0.5, 0.6) is 0 Å². The van der Waals surface area contributed by atoms with Gasteiger partial charge in [-0.3, -0.25) is 0 Å². The van der Waals surface area contributed by atoms with Crippen molar-refractivity contribution in [3.05, 3.63) is 0 Å². The molecule has 50 valence electrons. The first-order chi connectivity index (χ1) is 3.30. The zero-order valence-electron chi connectivity index (χ0n) is 4.92. The van der Waals surface area contributed by atoms with Crippen molar-refractivity contribution in [1.29, 1.82) is 0 Å². The standard InChI is InChI=1S/C5H11NO.ClH/c1-4-5(7)2-3-6-4;/h4-7H,2-3H2,1H3;1H/t4-,5+;/m0./s1. The maximum atomic E-state index is 8.94. The molecular weight excluding hydrogens is 126 g/mol. The van der Waals surface area contributed by atoms with Crippen LogP contribution in [0, 0.1) is 0 Å². The molecule has 1 aliphatic rings. The molecule has 1 heterocycles. The van der Waals surface area contributed by atoms with E-state index in [1.165, 1.54) is 0 Å². The first-order valence-corrected chi connectivity index (χ1v) is 2.72. The number of rotatable bonds is 0. The highest BCUT2D eigenvalue weighted by Crippen LogP contribution is 2.03. The summed E-state index contributed by atoms with van der Waals surface area (Å²) in [5, 5.41) is 12.1. The van der Waals surface area contributed by atoms with Gasteiger partial charge in [0.1, 0.15) is 0 Å². The molecule has 0 bridgehead atoms. The SMILES string of the molecule is C[C@@H]1NCC[C@H]1O.Cl. The van der Waals surface area contributed by atoms with E-state index in [1.807, 2.05) is 6.92 Å². The van der Waals surface area contributed by atoms with Crippen LogP contribution in [-0.4, -0.2) is 23.8 Å². The molecule has 1 saturated heterocycles. The van der Waals surface area contributed by atoms with Gasteiger partial charge >= 0.3 is 0 Å². The largest absolute Gasteiger partial charge is 0.391 e. The van der Waals surface area contributed by atoms with E-state index in [0.717, 1.165) is 13.0 Å². The van der Waals surface area contributed by atoms with Crippen molar-refractivity contribution in [3.8, 4) is 0 Å². The second kappa shape index (κ2) is 3.28. The van der Waals surface area contributed by atoms with Crippen LogP contribution in [0.3, 0.4) is 0 Å². The number of nitrogens with one attached hydrogen (secondary N) is 1. The van der Waals surface area contributed by atoms with E-state index in [9.17, 15) is 0 Å². The Morgan fingerprint density at radius 3 is 2.38 bits per heavy atom. The average molecular weight is 138 g/mol. The van der Waals surface area contributed by atoms with Crippen LogP contribution in [0.4, 0.5) is 0 Å². The van der Waals surface area contributed by atoms with Gasteiger partial charge in [-0.15, -0.1) is 12.4 Å². The Balaban J connectivity index is 0.000000490. The second-order valence-electron chi connectivity index (χ2n) is 2.10. The van der Waals surface area contributed by atoms with Crippen molar-refractivity contribution >= 4 is 12.4 Å². The minimum Gasteiger partial charge on any atom is -0.391 e. The molecule has 0 aromatic rings. The fraction of sp³-hybridized carbons (Fsp3) is 1.00. The minimum absolute atomic E-state index is 0. The molecule has 1 fully saturated rings. The molecule has 1 aliphatic heterocycles. The predicted molar refractivity (Wildman–Crippen MR) is 35.3 cm³/mol. The smallest absolute Gasteiger partial charge is 0.0702 e. The second-order valence-corrected chi connectivity index (χ2v) is 2.10. The summed E-state index contributed by atoms with van der Waals surface area (Å²) in [6.45, 7) is 2.97. The molecule has 0 amide bonds. The number of hydrogen-bond donors (Lipinski definition) is 2. The number of halogens is 1. The Kier molecular flexibility index (Phi) is 3.36. The van der Waals surface area contributed by atoms with Crippen LogP contribution >= 0.6 is 12.4 Å². The van der Waals surface area contributed by atoms with Gasteiger partial charge in [0.15, 0.2) is 0 Å². The van der Waals surface area contributed by atoms with E-state index < -0.39 is 0 Å². The minimum atomic E-state index is -0.0972. The molecule has 8 heavy (non-hydrogen) atoms. The Bertz CT molecular complexity index is 61.4. The van der Waals surface area contributed by atoms with Gasteiger partial charge in [-0.25, -0.2) is 0 Å². The maximum Gasteiger partial charge on any atom is 0.0702 e. The van der Waals surface area contributed by atoms with Crippen LogP contribution in [0.1, 0.15) is 13.3 Å². The molecule has 0 saturated carbocycles. The fourth-order valence-electron chi connectivity index (χ4n) is 0.845. The van der Waals surface area contributed by atoms with E-state index in [-0.39, 0.29) is 18.5 Å². The van der Waals surface area contributed by atoms with Crippen molar-refractivity contribution < 1.29 is 5.11 Å². The summed E-state index contributed by atoms with van der Waals surface area (Å²) < 4.78 is 0. The van der Waals surface area contributed by atoms with Crippen molar-refractivity contribution in [2.24, 2.45) is 0 Å². The van der Waals surface area contributed by atoms with Gasteiger partial charge in [0.25, 0.3) is 0 Å². The number of aliphatic hydroxyl groups is 1. The molecule has 0 aromatic heterocycles. The molecular formula is C5H12ClNO. The lowest BCUT2D eigenvalue weighted by molar-refractivity contribution is 0.166. The van der Waals surface area contributed by atoms with E-state index in [4.69, 9.17) is 5.11 Å². The zero-order valence-corrected chi connectivity index (χ0v) is 5.74. The molecule has 0 spiro atoms. The van der Waals surface area contributed by atoms with Crippen LogP contribution in [0.15, 0.2) is 0 Å². The topological polar surface area (TPSA) is 32.3 Å². The first kappa shape index (κ1) is 8.21. The quantitative estimate of drug-likeness (QED) is 0.498. The summed E-state index contributed by atoms with van der Waals surface area (Å²) in [5.41, 5.74) is 0. The molecule has 0 aromatic carbocycles. The van der Waals surface area contributed by atoms with Crippen molar-refractivity contribution in [2.75, 3.05) is 6.54 Å². The summed E-state index contributed by atoms with van der Waals surface area (Å²) in [7, 11) is 0. The van der Waals surface area contributed by atoms with Crippen LogP contribution in [0.25, 0.3) is 0 Å². The van der Waals surface area contributed by atoms with Gasteiger partial charge in [-0.2, -0.15) is 0 Å². The molecule has 0 radical (unpaired) electrons. The lowest BCUT2D eigenvalue weighted by Gasteiger charge is -2.04. The van der Waals surface area contributed by atoms with Crippen molar-refractivity contribution in [3.63, 3.8) is 0 Å². The Morgan fingerprint density at radius 1 is 1.62 bits per heavy atom. The van der Waals surface area contributed by atoms with Gasteiger partial charge in [-0.1, -0.05) is 0 Å². The highest BCUT2D eigenvalue weighted by Gasteiger charge is 2.18. The third kappa shape index (κ3) is 1.62. The van der Waals surface area contributed by atoms with E-state index >= 15 is 0 Å². The lowest BCUT2D eigenvalue weighted by atomic mass is 10.2. The monoisotopic (exact) mass is 137 g/mol. The molecule has 2 nitrogen and oxygen atoms in total. The Labute approximate surface area is 55.7 Å². The summed E-state index contributed by atoms with van der Waals surface area (Å²) in [6, 6.07) is 0.319. The number of hydrogen-bond acceptors (Lipinski definition) is 2. The molecule has 0 aliphatic carbocycles. The first-order valence-electron chi connectivity index (χ1n) is 2.72. The maximum absolute atomic E-state index is 8.94. The van der Waals surface area contributed by atoms with Gasteiger partial charge < -0.3 is 10.4 Å². The van der Waals surface area contributed by atoms with Gasteiger partial charge in [0, 0.05) is 6.04 Å². The fourth-order valence-corrected chi connectivity index (χ4v) is 0.845. The third-order valence-corrected chi connectivity index (χ3v) is 1.48. The predicted octanol–water partition coefficient (Wildman–Crippen LogP) is 0.151. The molecule has 0 unspecified atom stereocenters. The third-order valence-electron chi connectivity index (χ3n) is 1.48. The van der Waals surface area contributed by atoms with E-state index in [0.29, 0.717) is 6.04 Å². The van der Waals surface area contributed by atoms with Crippen LogP contribution < -0.4 is 5.32 Å². The van der Waals surface area contributed by atoms with Crippen molar-refractivity contribution in [2.45, 2.75) is 25.5 Å². The van der Waals surface area contributed by atoms with Crippen LogP contribution in [-0.2, 0) is 0 Å². The highest BCUT2D eigenvalue weighted by molar-refractivity contribution is 5.85. The van der Waals surface area contributed by atoms with E-state index in [1.54, 1.807) is 0 Å². The lowest BCUT2D eigenvalue weighted by Crippen LogP contribution is -2.25.